The normalized spacial score (nSPS) is 10.8. The van der Waals surface area contributed by atoms with Crippen molar-refractivity contribution in [3.63, 3.8) is 0 Å². The molecule has 0 spiro atoms. The van der Waals surface area contributed by atoms with Gasteiger partial charge in [0.2, 0.25) is 0 Å². The van der Waals surface area contributed by atoms with E-state index in [0.29, 0.717) is 12.2 Å². The maximum absolute atomic E-state index is 12.1. The Morgan fingerprint density at radius 3 is 2.60 bits per heavy atom. The Labute approximate surface area is 118 Å². The molecule has 2 heterocycles. The molecule has 2 aromatic heterocycles. The Bertz CT molecular complexity index is 617. The highest BCUT2D eigenvalue weighted by Gasteiger charge is 2.21. The van der Waals surface area contributed by atoms with Crippen LogP contribution in [-0.4, -0.2) is 40.4 Å². The summed E-state index contributed by atoms with van der Waals surface area (Å²) in [4.78, 5) is 18.6. The molecule has 0 bridgehead atoms. The minimum Gasteiger partial charge on any atom is -0.462 e. The molecule has 0 amide bonds. The van der Waals surface area contributed by atoms with Crippen molar-refractivity contribution in [2.45, 2.75) is 20.8 Å². The van der Waals surface area contributed by atoms with Gasteiger partial charge in [-0.15, -0.1) is 0 Å². The van der Waals surface area contributed by atoms with E-state index in [1.54, 1.807) is 24.0 Å². The van der Waals surface area contributed by atoms with Gasteiger partial charge in [-0.05, 0) is 20.8 Å². The van der Waals surface area contributed by atoms with E-state index in [1.165, 1.54) is 0 Å². The van der Waals surface area contributed by atoms with Crippen LogP contribution in [0.25, 0.3) is 11.0 Å². The van der Waals surface area contributed by atoms with E-state index in [2.05, 4.69) is 28.8 Å². The number of pyridine rings is 1. The summed E-state index contributed by atoms with van der Waals surface area (Å²) in [6.45, 7) is 7.86. The van der Waals surface area contributed by atoms with E-state index in [4.69, 9.17) is 4.74 Å². The van der Waals surface area contributed by atoms with Crippen LogP contribution in [-0.2, 0) is 11.8 Å². The molecule has 6 nitrogen and oxygen atoms in total. The summed E-state index contributed by atoms with van der Waals surface area (Å²) in [7, 11) is 1.84. The second kappa shape index (κ2) is 5.90. The maximum Gasteiger partial charge on any atom is 0.341 e. The number of anilines is 1. The van der Waals surface area contributed by atoms with Crippen LogP contribution < -0.4 is 4.90 Å². The highest BCUT2D eigenvalue weighted by molar-refractivity contribution is 6.04. The fourth-order valence-corrected chi connectivity index (χ4v) is 2.32. The van der Waals surface area contributed by atoms with Crippen molar-refractivity contribution in [2.75, 3.05) is 24.6 Å². The standard InChI is InChI=1S/C14H20N4O2/c1-5-18(6-2)12-10-9-16-17(4)13(10)15-8-11(12)14(19)20-7-3/h8-9H,5-7H2,1-4H3. The molecular weight excluding hydrogens is 256 g/mol. The number of aromatic nitrogens is 3. The van der Waals surface area contributed by atoms with Crippen molar-refractivity contribution in [1.82, 2.24) is 14.8 Å². The van der Waals surface area contributed by atoms with Crippen LogP contribution >= 0.6 is 0 Å². The third-order valence-electron chi connectivity index (χ3n) is 3.31. The van der Waals surface area contributed by atoms with Crippen molar-refractivity contribution >= 4 is 22.7 Å². The van der Waals surface area contributed by atoms with E-state index in [9.17, 15) is 4.79 Å². The van der Waals surface area contributed by atoms with Crippen LogP contribution in [0.1, 0.15) is 31.1 Å². The highest BCUT2D eigenvalue weighted by atomic mass is 16.5. The molecule has 0 unspecified atom stereocenters. The Kier molecular flexibility index (Phi) is 4.22. The summed E-state index contributed by atoms with van der Waals surface area (Å²) in [6.07, 6.45) is 3.33. The summed E-state index contributed by atoms with van der Waals surface area (Å²) < 4.78 is 6.84. The summed E-state index contributed by atoms with van der Waals surface area (Å²) in [5, 5.41) is 5.11. The van der Waals surface area contributed by atoms with Crippen LogP contribution in [0.15, 0.2) is 12.4 Å². The molecule has 0 radical (unpaired) electrons. The molecule has 0 fully saturated rings. The fraction of sp³-hybridized carbons (Fsp3) is 0.500. The van der Waals surface area contributed by atoms with Gasteiger partial charge in [0.05, 0.1) is 23.9 Å². The van der Waals surface area contributed by atoms with Crippen molar-refractivity contribution in [3.05, 3.63) is 18.0 Å². The molecular formula is C14H20N4O2. The Morgan fingerprint density at radius 1 is 1.30 bits per heavy atom. The molecule has 2 aromatic rings. The lowest BCUT2D eigenvalue weighted by Gasteiger charge is -2.24. The zero-order chi connectivity index (χ0) is 14.7. The topological polar surface area (TPSA) is 60.2 Å². The molecule has 20 heavy (non-hydrogen) atoms. The van der Waals surface area contributed by atoms with Crippen LogP contribution in [0, 0.1) is 0 Å². The SMILES string of the molecule is CCOC(=O)c1cnc2c(cnn2C)c1N(CC)CC. The first-order valence-corrected chi connectivity index (χ1v) is 6.86. The van der Waals surface area contributed by atoms with Crippen LogP contribution in [0.2, 0.25) is 0 Å². The summed E-state index contributed by atoms with van der Waals surface area (Å²) >= 11 is 0. The van der Waals surface area contributed by atoms with Crippen molar-refractivity contribution in [2.24, 2.45) is 7.05 Å². The number of nitrogens with zero attached hydrogens (tertiary/aromatic N) is 4. The van der Waals surface area contributed by atoms with Gasteiger partial charge < -0.3 is 9.64 Å². The van der Waals surface area contributed by atoms with E-state index >= 15 is 0 Å². The van der Waals surface area contributed by atoms with Gasteiger partial charge in [0.15, 0.2) is 5.65 Å². The summed E-state index contributed by atoms with van der Waals surface area (Å²) in [5.41, 5.74) is 2.11. The van der Waals surface area contributed by atoms with E-state index < -0.39 is 0 Å². The maximum atomic E-state index is 12.1. The first kappa shape index (κ1) is 14.3. The largest absolute Gasteiger partial charge is 0.462 e. The van der Waals surface area contributed by atoms with Gasteiger partial charge in [0.25, 0.3) is 0 Å². The number of carbonyl (C=O) groups is 1. The first-order chi connectivity index (χ1) is 9.63. The van der Waals surface area contributed by atoms with Crippen molar-refractivity contribution in [3.8, 4) is 0 Å². The Hall–Kier alpha value is -2.11. The third kappa shape index (κ3) is 2.33. The molecule has 0 aliphatic carbocycles. The molecule has 0 aliphatic heterocycles. The lowest BCUT2D eigenvalue weighted by molar-refractivity contribution is 0.0527. The molecule has 0 aromatic carbocycles. The Balaban J connectivity index is 2.67. The first-order valence-electron chi connectivity index (χ1n) is 6.86. The molecule has 0 saturated carbocycles. The number of esters is 1. The average Bonchev–Trinajstić information content (AvgIpc) is 2.82. The summed E-state index contributed by atoms with van der Waals surface area (Å²) in [6, 6.07) is 0. The number of rotatable bonds is 5. The lowest BCUT2D eigenvalue weighted by atomic mass is 10.1. The van der Waals surface area contributed by atoms with Crippen LogP contribution in [0.3, 0.4) is 0 Å². The van der Waals surface area contributed by atoms with Crippen molar-refractivity contribution in [1.29, 1.82) is 0 Å². The highest BCUT2D eigenvalue weighted by Crippen LogP contribution is 2.29. The number of aryl methyl sites for hydroxylation is 1. The van der Waals surface area contributed by atoms with Gasteiger partial charge in [-0.3, -0.25) is 4.68 Å². The zero-order valence-electron chi connectivity index (χ0n) is 12.4. The minimum atomic E-state index is -0.340. The van der Waals surface area contributed by atoms with E-state index in [1.807, 2.05) is 7.05 Å². The van der Waals surface area contributed by atoms with E-state index in [-0.39, 0.29) is 5.97 Å². The predicted octanol–water partition coefficient (Wildman–Crippen LogP) is 1.99. The quantitative estimate of drug-likeness (QED) is 0.782. The monoisotopic (exact) mass is 276 g/mol. The van der Waals surface area contributed by atoms with Crippen molar-refractivity contribution < 1.29 is 9.53 Å². The average molecular weight is 276 g/mol. The van der Waals surface area contributed by atoms with Gasteiger partial charge >= 0.3 is 5.97 Å². The number of hydrogen-bond donors (Lipinski definition) is 0. The molecule has 2 rings (SSSR count). The number of fused-ring (bicyclic) bond motifs is 1. The molecule has 0 saturated heterocycles. The third-order valence-corrected chi connectivity index (χ3v) is 3.31. The number of carbonyl (C=O) groups excluding carboxylic acids is 1. The smallest absolute Gasteiger partial charge is 0.341 e. The predicted molar refractivity (Wildman–Crippen MR) is 78.0 cm³/mol. The summed E-state index contributed by atoms with van der Waals surface area (Å²) in [5.74, 6) is -0.340. The second-order valence-electron chi connectivity index (χ2n) is 4.42. The Morgan fingerprint density at radius 2 is 2.00 bits per heavy atom. The fourth-order valence-electron chi connectivity index (χ4n) is 2.32. The second-order valence-corrected chi connectivity index (χ2v) is 4.42. The number of ether oxygens (including phenoxy) is 1. The van der Waals surface area contributed by atoms with Crippen LogP contribution in [0.4, 0.5) is 5.69 Å². The minimum absolute atomic E-state index is 0.340. The lowest BCUT2D eigenvalue weighted by Crippen LogP contribution is -2.25. The van der Waals surface area contributed by atoms with Gasteiger partial charge in [-0.25, -0.2) is 9.78 Å². The number of hydrogen-bond acceptors (Lipinski definition) is 5. The molecule has 108 valence electrons. The van der Waals surface area contributed by atoms with Gasteiger partial charge in [0.1, 0.15) is 5.56 Å². The van der Waals surface area contributed by atoms with Crippen LogP contribution in [0.5, 0.6) is 0 Å². The van der Waals surface area contributed by atoms with Gasteiger partial charge in [0, 0.05) is 26.3 Å². The zero-order valence-corrected chi connectivity index (χ0v) is 12.4. The van der Waals surface area contributed by atoms with Gasteiger partial charge in [-0.2, -0.15) is 5.10 Å². The molecule has 0 aliphatic rings. The van der Waals surface area contributed by atoms with Gasteiger partial charge in [-0.1, -0.05) is 0 Å². The molecule has 0 N–H and O–H groups in total. The molecule has 6 heteroatoms. The molecule has 0 atom stereocenters. The van der Waals surface area contributed by atoms with E-state index in [0.717, 1.165) is 29.8 Å².